The van der Waals surface area contributed by atoms with Crippen molar-refractivity contribution < 1.29 is 0 Å². The summed E-state index contributed by atoms with van der Waals surface area (Å²) in [6.45, 7) is 0. The molecule has 0 aliphatic heterocycles. The summed E-state index contributed by atoms with van der Waals surface area (Å²) >= 11 is 0. The Morgan fingerprint density at radius 3 is 1.70 bits per heavy atom. The molecule has 11 rings (SSSR count). The third-order valence-corrected chi connectivity index (χ3v) is 12.1. The molecule has 56 heavy (non-hydrogen) atoms. The Kier molecular flexibility index (Phi) is 7.95. The van der Waals surface area contributed by atoms with Crippen molar-refractivity contribution in [3.05, 3.63) is 210 Å². The molecule has 0 N–H and O–H groups in total. The molecule has 2 nitrogen and oxygen atoms in total. The zero-order valence-corrected chi connectivity index (χ0v) is 31.4. The van der Waals surface area contributed by atoms with Crippen molar-refractivity contribution in [2.24, 2.45) is 0 Å². The number of hydrogen-bond donors (Lipinski definition) is 0. The van der Waals surface area contributed by atoms with Crippen LogP contribution in [0, 0.1) is 0 Å². The number of hydrogen-bond acceptors (Lipinski definition) is 0. The molecule has 2 aromatic heterocycles. The topological polar surface area (TPSA) is 9.86 Å². The highest BCUT2D eigenvalue weighted by Crippen LogP contribution is 2.42. The van der Waals surface area contributed by atoms with E-state index in [1.807, 2.05) is 0 Å². The highest BCUT2D eigenvalue weighted by atomic mass is 15.0. The van der Waals surface area contributed by atoms with E-state index in [2.05, 4.69) is 197 Å². The second-order valence-electron chi connectivity index (χ2n) is 15.5. The van der Waals surface area contributed by atoms with Crippen LogP contribution in [0.2, 0.25) is 0 Å². The van der Waals surface area contributed by atoms with Gasteiger partial charge in [-0.05, 0) is 125 Å². The van der Waals surface area contributed by atoms with Gasteiger partial charge in [0.1, 0.15) is 0 Å². The van der Waals surface area contributed by atoms with Crippen molar-refractivity contribution in [3.8, 4) is 27.9 Å². The van der Waals surface area contributed by atoms with Gasteiger partial charge in [-0.25, -0.2) is 0 Å². The molecule has 0 radical (unpaired) electrons. The lowest BCUT2D eigenvalue weighted by molar-refractivity contribution is 0.629. The fraction of sp³-hybridized carbons (Fsp3) is 0.111. The lowest BCUT2D eigenvalue weighted by Crippen LogP contribution is -2.13. The zero-order valence-electron chi connectivity index (χ0n) is 31.4. The molecule has 0 amide bonds. The fourth-order valence-corrected chi connectivity index (χ4v) is 9.42. The van der Waals surface area contributed by atoms with Crippen LogP contribution in [0.4, 0.5) is 0 Å². The van der Waals surface area contributed by atoms with Crippen molar-refractivity contribution >= 4 is 43.6 Å². The molecule has 1 unspecified atom stereocenters. The lowest BCUT2D eigenvalue weighted by atomic mass is 9.85. The summed E-state index contributed by atoms with van der Waals surface area (Å²) in [6, 6.07) is 51.8. The van der Waals surface area contributed by atoms with E-state index >= 15 is 0 Å². The summed E-state index contributed by atoms with van der Waals surface area (Å²) in [5.74, 6) is 0. The molecule has 0 bridgehead atoms. The van der Waals surface area contributed by atoms with Gasteiger partial charge in [-0.1, -0.05) is 140 Å². The molecule has 1 atom stereocenters. The highest BCUT2D eigenvalue weighted by Gasteiger charge is 2.24. The average Bonchev–Trinajstić information content (AvgIpc) is 3.79. The fourth-order valence-electron chi connectivity index (χ4n) is 9.42. The number of fused-ring (bicyclic) bond motifs is 6. The van der Waals surface area contributed by atoms with E-state index in [4.69, 9.17) is 0 Å². The molecule has 0 saturated carbocycles. The van der Waals surface area contributed by atoms with Crippen LogP contribution in [-0.2, 0) is 0 Å². The first-order chi connectivity index (χ1) is 27.8. The van der Waals surface area contributed by atoms with Gasteiger partial charge in [0, 0.05) is 38.3 Å². The molecule has 0 saturated heterocycles. The maximum absolute atomic E-state index is 2.61. The van der Waals surface area contributed by atoms with E-state index < -0.39 is 0 Å². The van der Waals surface area contributed by atoms with Gasteiger partial charge in [0.15, 0.2) is 0 Å². The molecule has 0 fully saturated rings. The van der Waals surface area contributed by atoms with E-state index in [9.17, 15) is 0 Å². The Balaban J connectivity index is 1.02. The van der Waals surface area contributed by atoms with Crippen LogP contribution in [0.1, 0.15) is 38.1 Å². The summed E-state index contributed by atoms with van der Waals surface area (Å²) in [7, 11) is 0. The first-order valence-electron chi connectivity index (χ1n) is 20.2. The number of allylic oxidation sites excluding steroid dienone is 12. The summed E-state index contributed by atoms with van der Waals surface area (Å²) in [5, 5.41) is 5.15. The SMILES string of the molecule is C1=CC(C2=CC(n3c4ccccc4c4cc(-c5ccc6c(c5)c5ccccc5n6-c5ccc(-c6ccccc6)cc5)ccc43)CC(C3=CCCC=C3)=C2)=CCC1. The average molecular weight is 719 g/mol. The highest BCUT2D eigenvalue weighted by molar-refractivity contribution is 6.12. The van der Waals surface area contributed by atoms with Crippen LogP contribution in [-0.4, -0.2) is 9.13 Å². The first-order valence-corrected chi connectivity index (χ1v) is 20.2. The van der Waals surface area contributed by atoms with Crippen LogP contribution in [0.3, 0.4) is 0 Å². The molecule has 3 aliphatic rings. The Hall–Kier alpha value is -6.64. The molecule has 2 heterocycles. The van der Waals surface area contributed by atoms with Gasteiger partial charge in [0.25, 0.3) is 0 Å². The molecule has 6 aromatic carbocycles. The Labute approximate surface area is 328 Å². The third kappa shape index (κ3) is 5.56. The van der Waals surface area contributed by atoms with E-state index in [-0.39, 0.29) is 6.04 Å². The van der Waals surface area contributed by atoms with E-state index in [0.29, 0.717) is 0 Å². The minimum absolute atomic E-state index is 0.204. The number of para-hydroxylation sites is 2. The predicted octanol–water partition coefficient (Wildman–Crippen LogP) is 14.6. The second kappa shape index (κ2) is 13.6. The maximum Gasteiger partial charge on any atom is 0.0572 e. The van der Waals surface area contributed by atoms with Crippen molar-refractivity contribution in [2.75, 3.05) is 0 Å². The summed E-state index contributed by atoms with van der Waals surface area (Å²) in [5.41, 5.74) is 16.6. The quantitative estimate of drug-likeness (QED) is 0.162. The van der Waals surface area contributed by atoms with Crippen molar-refractivity contribution in [1.29, 1.82) is 0 Å². The lowest BCUT2D eigenvalue weighted by Gasteiger charge is -2.27. The van der Waals surface area contributed by atoms with E-state index in [0.717, 1.165) is 32.1 Å². The van der Waals surface area contributed by atoms with Crippen LogP contribution in [0.5, 0.6) is 0 Å². The van der Waals surface area contributed by atoms with Gasteiger partial charge in [0.05, 0.1) is 17.1 Å². The largest absolute Gasteiger partial charge is 0.333 e. The first kappa shape index (κ1) is 32.8. The van der Waals surface area contributed by atoms with Crippen LogP contribution in [0.15, 0.2) is 210 Å². The van der Waals surface area contributed by atoms with Crippen LogP contribution >= 0.6 is 0 Å². The molecule has 8 aromatic rings. The van der Waals surface area contributed by atoms with E-state index in [1.54, 1.807) is 0 Å². The van der Waals surface area contributed by atoms with Crippen molar-refractivity contribution in [3.63, 3.8) is 0 Å². The van der Waals surface area contributed by atoms with Crippen LogP contribution < -0.4 is 0 Å². The van der Waals surface area contributed by atoms with Gasteiger partial charge < -0.3 is 9.13 Å². The van der Waals surface area contributed by atoms with Gasteiger partial charge >= 0.3 is 0 Å². The normalized spacial score (nSPS) is 17.0. The number of rotatable bonds is 6. The predicted molar refractivity (Wildman–Crippen MR) is 237 cm³/mol. The van der Waals surface area contributed by atoms with Gasteiger partial charge in [-0.2, -0.15) is 0 Å². The monoisotopic (exact) mass is 718 g/mol. The van der Waals surface area contributed by atoms with Crippen molar-refractivity contribution in [2.45, 2.75) is 38.1 Å². The standard InChI is InChI=1S/C54H42N2/c1-4-14-37(15-5-1)40-24-28-45(29-25-40)55-51-22-12-10-20-47(51)49-35-41(26-30-53(49)55)42-27-31-54-50(36-42)48-21-11-13-23-52(48)56(54)46-33-43(38-16-6-2-7-17-38)32-44(34-46)39-18-8-3-9-19-39/h1,4-6,8,10-33,35-36,46H,2-3,7,9,34H2. The second-order valence-corrected chi connectivity index (χ2v) is 15.5. The number of nitrogens with zero attached hydrogens (tertiary/aromatic N) is 2. The molecular formula is C54H42N2. The molecule has 2 heteroatoms. The number of aromatic nitrogens is 2. The maximum atomic E-state index is 2.61. The minimum atomic E-state index is 0.204. The van der Waals surface area contributed by atoms with Crippen LogP contribution in [0.25, 0.3) is 71.6 Å². The van der Waals surface area contributed by atoms with Crippen molar-refractivity contribution in [1.82, 2.24) is 9.13 Å². The molecule has 3 aliphatic carbocycles. The Morgan fingerprint density at radius 2 is 0.982 bits per heavy atom. The molecule has 0 spiro atoms. The zero-order chi connectivity index (χ0) is 37.0. The smallest absolute Gasteiger partial charge is 0.0572 e. The molecule has 268 valence electrons. The van der Waals surface area contributed by atoms with E-state index in [1.165, 1.54) is 93.8 Å². The Bertz CT molecular complexity index is 3020. The summed E-state index contributed by atoms with van der Waals surface area (Å²) < 4.78 is 5.02. The van der Waals surface area contributed by atoms with Gasteiger partial charge in [0.2, 0.25) is 0 Å². The number of benzene rings is 6. The Morgan fingerprint density at radius 1 is 0.429 bits per heavy atom. The molecular weight excluding hydrogens is 677 g/mol. The summed E-state index contributed by atoms with van der Waals surface area (Å²) in [4.78, 5) is 0. The summed E-state index contributed by atoms with van der Waals surface area (Å²) in [6.07, 6.45) is 24.6. The third-order valence-electron chi connectivity index (χ3n) is 12.1. The minimum Gasteiger partial charge on any atom is -0.333 e. The van der Waals surface area contributed by atoms with Gasteiger partial charge in [-0.3, -0.25) is 0 Å². The van der Waals surface area contributed by atoms with Gasteiger partial charge in [-0.15, -0.1) is 0 Å².